The zero-order chi connectivity index (χ0) is 25.2. The van der Waals surface area contributed by atoms with Crippen molar-refractivity contribution in [3.8, 4) is 5.75 Å². The fourth-order valence-electron chi connectivity index (χ4n) is 3.73. The van der Waals surface area contributed by atoms with Gasteiger partial charge in [0.05, 0.1) is 11.9 Å². The van der Waals surface area contributed by atoms with Crippen LogP contribution in [0.25, 0.3) is 6.08 Å². The summed E-state index contributed by atoms with van der Waals surface area (Å²) in [6, 6.07) is 11.4. The van der Waals surface area contributed by atoms with Crippen molar-refractivity contribution in [2.24, 2.45) is 7.05 Å². The van der Waals surface area contributed by atoms with Gasteiger partial charge in [-0.1, -0.05) is 17.7 Å². The number of ether oxygens (including phenoxy) is 1. The fraction of sp³-hybridized carbons (Fsp3) is 0.250. The van der Waals surface area contributed by atoms with Crippen LogP contribution in [-0.2, 0) is 27.8 Å². The second-order valence-electron chi connectivity index (χ2n) is 8.05. The normalized spacial score (nSPS) is 14.7. The Bertz CT molecular complexity index is 1420. The highest BCUT2D eigenvalue weighted by molar-refractivity contribution is 7.86. The van der Waals surface area contributed by atoms with Crippen molar-refractivity contribution >= 4 is 27.8 Å². The van der Waals surface area contributed by atoms with Gasteiger partial charge in [-0.25, -0.2) is 9.55 Å². The second-order valence-corrected chi connectivity index (χ2v) is 9.66. The highest BCUT2D eigenvalue weighted by Crippen LogP contribution is 2.30. The first-order valence-corrected chi connectivity index (χ1v) is 12.2. The number of nitro groups is 1. The predicted octanol–water partition coefficient (Wildman–Crippen LogP) is 3.63. The van der Waals surface area contributed by atoms with E-state index in [1.807, 2.05) is 6.92 Å². The Morgan fingerprint density at radius 3 is 2.57 bits per heavy atom. The molecule has 0 unspecified atom stereocenters. The van der Waals surface area contributed by atoms with E-state index in [0.29, 0.717) is 35.6 Å². The molecular formula is C24H23N3O7S. The average molecular weight is 498 g/mol. The minimum Gasteiger partial charge on any atom is -0.491 e. The summed E-state index contributed by atoms with van der Waals surface area (Å²) < 4.78 is 36.5. The van der Waals surface area contributed by atoms with Crippen LogP contribution in [0.1, 0.15) is 33.7 Å². The molecule has 0 saturated heterocycles. The third kappa shape index (κ3) is 5.31. The van der Waals surface area contributed by atoms with E-state index < -0.39 is 15.0 Å². The molecule has 0 radical (unpaired) electrons. The van der Waals surface area contributed by atoms with Gasteiger partial charge in [0.2, 0.25) is 5.82 Å². The Balaban J connectivity index is 1.38. The molecule has 0 saturated carbocycles. The van der Waals surface area contributed by atoms with E-state index in [2.05, 4.69) is 4.98 Å². The highest BCUT2D eigenvalue weighted by Gasteiger charge is 2.24. The molecule has 1 aliphatic carbocycles. The molecular weight excluding hydrogens is 474 g/mol. The van der Waals surface area contributed by atoms with Crippen LogP contribution in [0.3, 0.4) is 0 Å². The Kier molecular flexibility index (Phi) is 6.81. The number of imidazole rings is 1. The quantitative estimate of drug-likeness (QED) is 0.152. The lowest BCUT2D eigenvalue weighted by atomic mass is 9.86. The Labute approximate surface area is 202 Å². The van der Waals surface area contributed by atoms with Crippen molar-refractivity contribution in [3.63, 3.8) is 0 Å². The summed E-state index contributed by atoms with van der Waals surface area (Å²) in [6.45, 7) is 1.72. The fourth-order valence-corrected chi connectivity index (χ4v) is 4.62. The maximum absolute atomic E-state index is 12.9. The highest BCUT2D eigenvalue weighted by atomic mass is 32.2. The van der Waals surface area contributed by atoms with Crippen LogP contribution in [-0.4, -0.2) is 41.9 Å². The number of hydrogen-bond donors (Lipinski definition) is 0. The zero-order valence-electron chi connectivity index (χ0n) is 19.1. The molecule has 0 amide bonds. The summed E-state index contributed by atoms with van der Waals surface area (Å²) in [5.41, 5.74) is 2.80. The number of Topliss-reactive ketones (excluding diaryl/α,β-unsaturated/α-hetero) is 1. The van der Waals surface area contributed by atoms with Crippen molar-refractivity contribution < 1.29 is 27.1 Å². The van der Waals surface area contributed by atoms with Gasteiger partial charge in [-0.2, -0.15) is 8.42 Å². The van der Waals surface area contributed by atoms with Crippen LogP contribution in [0.4, 0.5) is 5.82 Å². The molecule has 10 nitrogen and oxygen atoms in total. The number of aromatic nitrogens is 2. The number of benzene rings is 2. The van der Waals surface area contributed by atoms with Gasteiger partial charge in [-0.15, -0.1) is 0 Å². The van der Waals surface area contributed by atoms with Crippen molar-refractivity contribution in [1.29, 1.82) is 0 Å². The van der Waals surface area contributed by atoms with E-state index in [0.717, 1.165) is 17.3 Å². The van der Waals surface area contributed by atoms with E-state index in [1.54, 1.807) is 36.4 Å². The molecule has 0 atom stereocenters. The topological polar surface area (TPSA) is 131 Å². The molecule has 1 aromatic heterocycles. The number of hydrogen-bond acceptors (Lipinski definition) is 8. The summed E-state index contributed by atoms with van der Waals surface area (Å²) in [4.78, 5) is 27.5. The SMILES string of the molecule is Cc1ccc(S(=O)(=O)OCCOc2ccc3c(c2)CCC(=Cc2ncc([N+](=O)[O-])n2C)C3=O)cc1. The van der Waals surface area contributed by atoms with E-state index >= 15 is 0 Å². The average Bonchev–Trinajstić information content (AvgIpc) is 3.19. The van der Waals surface area contributed by atoms with Gasteiger partial charge in [0.15, 0.2) is 5.78 Å². The number of fused-ring (bicyclic) bond motifs is 1. The van der Waals surface area contributed by atoms with Crippen LogP contribution in [0.2, 0.25) is 0 Å². The summed E-state index contributed by atoms with van der Waals surface area (Å²) in [6.07, 6.45) is 3.77. The molecule has 0 fully saturated rings. The van der Waals surface area contributed by atoms with Gasteiger partial charge < -0.3 is 14.9 Å². The standard InChI is InChI=1S/C24H23N3O7S/c1-16-3-8-20(9-4-16)35(31,32)34-12-11-33-19-7-10-21-17(13-19)5-6-18(24(21)28)14-22-25-15-23(26(22)2)27(29)30/h3-4,7-10,13-15H,5-6,11-12H2,1-2H3. The number of carbonyl (C=O) groups excluding carboxylic acids is 1. The molecule has 1 heterocycles. The monoisotopic (exact) mass is 497 g/mol. The van der Waals surface area contributed by atoms with Crippen LogP contribution in [0.15, 0.2) is 59.1 Å². The molecule has 4 rings (SSSR count). The minimum absolute atomic E-state index is 0.0148. The summed E-state index contributed by atoms with van der Waals surface area (Å²) in [5, 5.41) is 11.0. The number of allylic oxidation sites excluding steroid dienone is 1. The Morgan fingerprint density at radius 1 is 1.14 bits per heavy atom. The number of aryl methyl sites for hydroxylation is 2. The summed E-state index contributed by atoms with van der Waals surface area (Å²) >= 11 is 0. The van der Waals surface area contributed by atoms with Crippen LogP contribution in [0, 0.1) is 17.0 Å². The van der Waals surface area contributed by atoms with Gasteiger partial charge in [-0.05, 0) is 60.6 Å². The van der Waals surface area contributed by atoms with E-state index in [4.69, 9.17) is 8.92 Å². The summed E-state index contributed by atoms with van der Waals surface area (Å²) in [7, 11) is -2.34. The smallest absolute Gasteiger partial charge is 0.342 e. The third-order valence-electron chi connectivity index (χ3n) is 5.67. The van der Waals surface area contributed by atoms with Gasteiger partial charge in [-0.3, -0.25) is 8.98 Å². The second kappa shape index (κ2) is 9.80. The number of carbonyl (C=O) groups is 1. The molecule has 11 heteroatoms. The largest absolute Gasteiger partial charge is 0.491 e. The van der Waals surface area contributed by atoms with Crippen molar-refractivity contribution in [2.75, 3.05) is 13.2 Å². The van der Waals surface area contributed by atoms with Crippen molar-refractivity contribution in [2.45, 2.75) is 24.7 Å². The van der Waals surface area contributed by atoms with E-state index in [-0.39, 0.29) is 29.7 Å². The van der Waals surface area contributed by atoms with Crippen molar-refractivity contribution in [3.05, 3.63) is 86.9 Å². The van der Waals surface area contributed by atoms with Crippen LogP contribution < -0.4 is 4.74 Å². The lowest BCUT2D eigenvalue weighted by Gasteiger charge is -2.18. The van der Waals surface area contributed by atoms with Gasteiger partial charge in [0.25, 0.3) is 10.1 Å². The molecule has 3 aromatic rings. The lowest BCUT2D eigenvalue weighted by Crippen LogP contribution is -2.16. The first kappa shape index (κ1) is 24.3. The molecule has 0 N–H and O–H groups in total. The molecule has 0 bridgehead atoms. The Morgan fingerprint density at radius 2 is 1.89 bits per heavy atom. The van der Waals surface area contributed by atoms with Crippen LogP contribution in [0.5, 0.6) is 5.75 Å². The van der Waals surface area contributed by atoms with Gasteiger partial charge in [0.1, 0.15) is 25.2 Å². The maximum atomic E-state index is 12.9. The molecule has 182 valence electrons. The molecule has 0 spiro atoms. The molecule has 0 aliphatic heterocycles. The zero-order valence-corrected chi connectivity index (χ0v) is 19.9. The maximum Gasteiger partial charge on any atom is 0.342 e. The summed E-state index contributed by atoms with van der Waals surface area (Å²) in [5.74, 6) is 0.512. The lowest BCUT2D eigenvalue weighted by molar-refractivity contribution is -0.391. The van der Waals surface area contributed by atoms with E-state index in [1.165, 1.54) is 23.7 Å². The first-order valence-electron chi connectivity index (χ1n) is 10.8. The van der Waals surface area contributed by atoms with Gasteiger partial charge in [0, 0.05) is 17.2 Å². The first-order chi connectivity index (χ1) is 16.7. The minimum atomic E-state index is -3.87. The Hall–Kier alpha value is -3.83. The van der Waals surface area contributed by atoms with Crippen molar-refractivity contribution in [1.82, 2.24) is 9.55 Å². The number of ketones is 1. The van der Waals surface area contributed by atoms with Gasteiger partial charge >= 0.3 is 5.82 Å². The third-order valence-corrected chi connectivity index (χ3v) is 6.99. The number of rotatable bonds is 8. The molecule has 35 heavy (non-hydrogen) atoms. The number of nitrogens with zero attached hydrogens (tertiary/aromatic N) is 3. The van der Waals surface area contributed by atoms with E-state index in [9.17, 15) is 23.3 Å². The molecule has 2 aromatic carbocycles. The predicted molar refractivity (Wildman–Crippen MR) is 127 cm³/mol. The van der Waals surface area contributed by atoms with Crippen LogP contribution >= 0.6 is 0 Å². The molecule has 1 aliphatic rings.